The lowest BCUT2D eigenvalue weighted by Gasteiger charge is -2.02. The van der Waals surface area contributed by atoms with E-state index < -0.39 is 0 Å². The maximum absolute atomic E-state index is 5.90. The minimum Gasteiger partial charge on any atom is -0.216 e. The van der Waals surface area contributed by atoms with Crippen molar-refractivity contribution in [2.24, 2.45) is 0 Å². The lowest BCUT2D eigenvalue weighted by molar-refractivity contribution is 1.14. The Morgan fingerprint density at radius 3 is 2.36 bits per heavy atom. The second-order valence-corrected chi connectivity index (χ2v) is 4.26. The van der Waals surface area contributed by atoms with Crippen LogP contribution in [0.5, 0.6) is 0 Å². The van der Waals surface area contributed by atoms with Gasteiger partial charge in [0.2, 0.25) is 0 Å². The third kappa shape index (κ3) is 1.75. The fourth-order valence-electron chi connectivity index (χ4n) is 0.985. The van der Waals surface area contributed by atoms with Gasteiger partial charge in [-0.3, -0.25) is 0 Å². The number of rotatable bonds is 1. The van der Waals surface area contributed by atoms with Gasteiger partial charge in [0.05, 0.1) is 0 Å². The number of hydrogen-bond acceptors (Lipinski definition) is 3. The first-order valence-electron chi connectivity index (χ1n) is 3.90. The summed E-state index contributed by atoms with van der Waals surface area (Å²) < 4.78 is 0. The van der Waals surface area contributed by atoms with E-state index in [-0.39, 0.29) is 0 Å². The molecule has 0 spiro atoms. The van der Waals surface area contributed by atoms with Crippen molar-refractivity contribution in [3.05, 3.63) is 32.7 Å². The number of nitrogens with zero attached hydrogens (tertiary/aromatic N) is 2. The molecule has 0 aliphatic rings. The van der Waals surface area contributed by atoms with Crippen LogP contribution < -0.4 is 0 Å². The van der Waals surface area contributed by atoms with E-state index in [0.717, 1.165) is 5.56 Å². The van der Waals surface area contributed by atoms with Gasteiger partial charge in [-0.25, -0.2) is 9.97 Å². The maximum Gasteiger partial charge on any atom is 0.163 e. The van der Waals surface area contributed by atoms with Crippen molar-refractivity contribution in [2.75, 3.05) is 0 Å². The molecule has 0 amide bonds. The van der Waals surface area contributed by atoms with E-state index in [9.17, 15) is 0 Å². The maximum atomic E-state index is 5.90. The first kappa shape index (κ1) is 9.90. The quantitative estimate of drug-likeness (QED) is 0.713. The van der Waals surface area contributed by atoms with Crippen LogP contribution in [0, 0.1) is 6.92 Å². The van der Waals surface area contributed by atoms with Crippen molar-refractivity contribution in [1.29, 1.82) is 0 Å². The highest BCUT2D eigenvalue weighted by atomic mass is 35.5. The average Bonchev–Trinajstić information content (AvgIpc) is 2.66. The zero-order valence-electron chi connectivity index (χ0n) is 7.29. The van der Waals surface area contributed by atoms with E-state index >= 15 is 0 Å². The zero-order chi connectivity index (χ0) is 10.1. The summed E-state index contributed by atoms with van der Waals surface area (Å²) in [6, 6.07) is 1.93. The van der Waals surface area contributed by atoms with Gasteiger partial charge >= 0.3 is 0 Å². The molecule has 2 aromatic heterocycles. The lowest BCUT2D eigenvalue weighted by Crippen LogP contribution is -1.92. The first-order valence-corrected chi connectivity index (χ1v) is 5.60. The molecule has 2 rings (SSSR count). The lowest BCUT2D eigenvalue weighted by atomic mass is 10.3. The number of halogens is 2. The molecule has 0 radical (unpaired) electrons. The van der Waals surface area contributed by atoms with Crippen molar-refractivity contribution < 1.29 is 0 Å². The molecule has 2 aromatic rings. The highest BCUT2D eigenvalue weighted by Gasteiger charge is 2.08. The molecule has 5 heteroatoms. The summed E-state index contributed by atoms with van der Waals surface area (Å²) in [5.74, 6) is 0.576. The van der Waals surface area contributed by atoms with Gasteiger partial charge in [-0.2, -0.15) is 11.3 Å². The molecule has 0 saturated carbocycles. The molecule has 0 aliphatic carbocycles. The van der Waals surface area contributed by atoms with Gasteiger partial charge in [0, 0.05) is 16.5 Å². The standard InChI is InChI=1S/C9H6Cl2N2S/c1-5-7(10)12-9(13-8(5)11)6-2-3-14-4-6/h2-4H,1H3. The molecule has 0 unspecified atom stereocenters. The van der Waals surface area contributed by atoms with Crippen LogP contribution in [-0.2, 0) is 0 Å². The van der Waals surface area contributed by atoms with Gasteiger partial charge in [0.15, 0.2) is 5.82 Å². The van der Waals surface area contributed by atoms with E-state index in [1.807, 2.05) is 16.8 Å². The highest BCUT2D eigenvalue weighted by molar-refractivity contribution is 7.08. The molecule has 72 valence electrons. The van der Waals surface area contributed by atoms with Crippen molar-refractivity contribution in [2.45, 2.75) is 6.92 Å². The van der Waals surface area contributed by atoms with Gasteiger partial charge in [0.25, 0.3) is 0 Å². The Bertz CT molecular complexity index is 431. The molecule has 0 aliphatic heterocycles. The van der Waals surface area contributed by atoms with Crippen LogP contribution in [-0.4, -0.2) is 9.97 Å². The summed E-state index contributed by atoms with van der Waals surface area (Å²) in [5, 5.41) is 4.73. The first-order chi connectivity index (χ1) is 6.68. The van der Waals surface area contributed by atoms with Crippen LogP contribution >= 0.6 is 34.5 Å². The molecule has 0 atom stereocenters. The monoisotopic (exact) mass is 244 g/mol. The highest BCUT2D eigenvalue weighted by Crippen LogP contribution is 2.25. The predicted octanol–water partition coefficient (Wildman–Crippen LogP) is 3.82. The number of thiophene rings is 1. The summed E-state index contributed by atoms with van der Waals surface area (Å²) in [6.45, 7) is 1.79. The molecule has 0 saturated heterocycles. The van der Waals surface area contributed by atoms with E-state index in [4.69, 9.17) is 23.2 Å². The van der Waals surface area contributed by atoms with Crippen molar-refractivity contribution in [1.82, 2.24) is 9.97 Å². The smallest absolute Gasteiger partial charge is 0.163 e. The normalized spacial score (nSPS) is 10.5. The van der Waals surface area contributed by atoms with E-state index in [2.05, 4.69) is 9.97 Å². The minimum absolute atomic E-state index is 0.409. The topological polar surface area (TPSA) is 25.8 Å². The molecule has 0 bridgehead atoms. The Kier molecular flexibility index (Phi) is 2.72. The average molecular weight is 245 g/mol. The Morgan fingerprint density at radius 2 is 1.86 bits per heavy atom. The summed E-state index contributed by atoms with van der Waals surface area (Å²) in [6.07, 6.45) is 0. The second-order valence-electron chi connectivity index (χ2n) is 2.77. The third-order valence-corrected chi connectivity index (χ3v) is 3.23. The molecule has 14 heavy (non-hydrogen) atoms. The number of hydrogen-bond donors (Lipinski definition) is 0. The Labute approximate surface area is 95.5 Å². The molecular formula is C9H6Cl2N2S. The Morgan fingerprint density at radius 1 is 1.21 bits per heavy atom. The Balaban J connectivity index is 2.57. The molecule has 2 heterocycles. The summed E-state index contributed by atoms with van der Waals surface area (Å²) >= 11 is 13.4. The third-order valence-electron chi connectivity index (χ3n) is 1.81. The van der Waals surface area contributed by atoms with Crippen LogP contribution in [0.25, 0.3) is 11.4 Å². The van der Waals surface area contributed by atoms with Crippen molar-refractivity contribution in [3.63, 3.8) is 0 Å². The fraction of sp³-hybridized carbons (Fsp3) is 0.111. The second kappa shape index (κ2) is 3.85. The van der Waals surface area contributed by atoms with Gasteiger partial charge in [-0.1, -0.05) is 23.2 Å². The zero-order valence-corrected chi connectivity index (χ0v) is 9.62. The van der Waals surface area contributed by atoms with Gasteiger partial charge in [-0.15, -0.1) is 0 Å². The van der Waals surface area contributed by atoms with Gasteiger partial charge < -0.3 is 0 Å². The number of aromatic nitrogens is 2. The summed E-state index contributed by atoms with van der Waals surface area (Å²) in [5.41, 5.74) is 1.66. The van der Waals surface area contributed by atoms with Crippen molar-refractivity contribution in [3.8, 4) is 11.4 Å². The van der Waals surface area contributed by atoms with Crippen LogP contribution in [0.4, 0.5) is 0 Å². The van der Waals surface area contributed by atoms with E-state index in [1.54, 1.807) is 18.3 Å². The van der Waals surface area contributed by atoms with Crippen LogP contribution in [0.2, 0.25) is 10.3 Å². The molecule has 0 aromatic carbocycles. The van der Waals surface area contributed by atoms with Crippen LogP contribution in [0.3, 0.4) is 0 Å². The van der Waals surface area contributed by atoms with Gasteiger partial charge in [-0.05, 0) is 18.4 Å². The van der Waals surface area contributed by atoms with Crippen LogP contribution in [0.15, 0.2) is 16.8 Å². The molecule has 2 nitrogen and oxygen atoms in total. The van der Waals surface area contributed by atoms with E-state index in [1.165, 1.54) is 0 Å². The van der Waals surface area contributed by atoms with E-state index in [0.29, 0.717) is 21.7 Å². The fourth-order valence-corrected chi connectivity index (χ4v) is 2.01. The largest absolute Gasteiger partial charge is 0.216 e. The SMILES string of the molecule is Cc1c(Cl)nc(-c2ccsc2)nc1Cl. The summed E-state index contributed by atoms with van der Waals surface area (Å²) in [7, 11) is 0. The van der Waals surface area contributed by atoms with Gasteiger partial charge in [0.1, 0.15) is 10.3 Å². The molecule has 0 N–H and O–H groups in total. The minimum atomic E-state index is 0.409. The van der Waals surface area contributed by atoms with Crippen LogP contribution in [0.1, 0.15) is 5.56 Å². The summed E-state index contributed by atoms with van der Waals surface area (Å²) in [4.78, 5) is 8.31. The van der Waals surface area contributed by atoms with Crippen molar-refractivity contribution >= 4 is 34.5 Å². The molecular weight excluding hydrogens is 239 g/mol. The predicted molar refractivity (Wildman–Crippen MR) is 60.1 cm³/mol. The Hall–Kier alpha value is -0.640. The molecule has 0 fully saturated rings.